The van der Waals surface area contributed by atoms with Crippen molar-refractivity contribution in [3.8, 4) is 23.4 Å². The van der Waals surface area contributed by atoms with Gasteiger partial charge in [-0.3, -0.25) is 0 Å². The van der Waals surface area contributed by atoms with Crippen molar-refractivity contribution in [3.63, 3.8) is 0 Å². The molecule has 1 heterocycles. The van der Waals surface area contributed by atoms with Gasteiger partial charge in [0.2, 0.25) is 5.75 Å². The Morgan fingerprint density at radius 1 is 1.09 bits per heavy atom. The lowest BCUT2D eigenvalue weighted by Gasteiger charge is -2.37. The normalized spacial score (nSPS) is 12.8. The van der Waals surface area contributed by atoms with Crippen LogP contribution in [0.25, 0.3) is 0 Å². The highest BCUT2D eigenvalue weighted by atomic mass is 28.4. The summed E-state index contributed by atoms with van der Waals surface area (Å²) >= 11 is 0. The number of hydrogen-bond donors (Lipinski definition) is 1. The number of benzene rings is 1. The molecule has 1 aromatic heterocycles. The number of ether oxygens (including phenoxy) is 2. The summed E-state index contributed by atoms with van der Waals surface area (Å²) in [4.78, 5) is 4.60. The molecule has 0 saturated carbocycles. The van der Waals surface area contributed by atoms with Gasteiger partial charge in [-0.25, -0.2) is 4.98 Å². The van der Waals surface area contributed by atoms with E-state index in [0.29, 0.717) is 29.5 Å². The quantitative estimate of drug-likeness (QED) is 0.403. The molecule has 1 N–H and O–H groups in total. The van der Waals surface area contributed by atoms with E-state index < -0.39 is 8.32 Å². The Hall–Kier alpha value is -2.56. The number of methoxy groups -OCH3 is 1. The molecule has 33 heavy (non-hydrogen) atoms. The Bertz CT molecular complexity index is 1000. The second-order valence-corrected chi connectivity index (χ2v) is 14.9. The van der Waals surface area contributed by atoms with E-state index in [0.717, 1.165) is 28.9 Å². The number of aryl methyl sites for hydroxylation is 3. The largest absolute Gasteiger partial charge is 0.490 e. The van der Waals surface area contributed by atoms with Crippen molar-refractivity contribution < 1.29 is 13.9 Å². The molecule has 180 valence electrons. The summed E-state index contributed by atoms with van der Waals surface area (Å²) in [5.41, 5.74) is 4.00. The number of anilines is 1. The van der Waals surface area contributed by atoms with Gasteiger partial charge >= 0.3 is 0 Å². The standard InChI is InChI=1S/C26H39N3O3Si/c1-11-21(16-31-33(9,10)26(5,6)7)29-22-14-19(4)28-25(24(22)30-8)32-23-17(2)12-20(15-27)13-18(23)3/h12-14,21H,11,16H2,1-10H3,(H,28,29). The summed E-state index contributed by atoms with van der Waals surface area (Å²) in [5.74, 6) is 1.63. The molecule has 0 spiro atoms. The van der Waals surface area contributed by atoms with Gasteiger partial charge in [0.1, 0.15) is 5.75 Å². The van der Waals surface area contributed by atoms with Gasteiger partial charge < -0.3 is 19.2 Å². The van der Waals surface area contributed by atoms with Crippen molar-refractivity contribution in [2.24, 2.45) is 0 Å². The second-order valence-electron chi connectivity index (χ2n) is 10.1. The predicted molar refractivity (Wildman–Crippen MR) is 137 cm³/mol. The number of aromatic nitrogens is 1. The summed E-state index contributed by atoms with van der Waals surface area (Å²) in [5, 5.41) is 13.0. The van der Waals surface area contributed by atoms with Crippen LogP contribution in [0.1, 0.15) is 56.5 Å². The summed E-state index contributed by atoms with van der Waals surface area (Å²) in [6.07, 6.45) is 0.906. The number of nitrogens with one attached hydrogen (secondary N) is 1. The third-order valence-corrected chi connectivity index (χ3v) is 10.9. The van der Waals surface area contributed by atoms with Crippen LogP contribution in [0.4, 0.5) is 5.69 Å². The first-order valence-corrected chi connectivity index (χ1v) is 14.4. The molecule has 1 aromatic carbocycles. The summed E-state index contributed by atoms with van der Waals surface area (Å²) in [6.45, 7) is 19.8. The van der Waals surface area contributed by atoms with Gasteiger partial charge in [-0.1, -0.05) is 27.7 Å². The maximum absolute atomic E-state index is 9.23. The van der Waals surface area contributed by atoms with Crippen LogP contribution in [0.3, 0.4) is 0 Å². The molecule has 2 rings (SSSR count). The van der Waals surface area contributed by atoms with Crippen LogP contribution >= 0.6 is 0 Å². The molecule has 0 bridgehead atoms. The smallest absolute Gasteiger partial charge is 0.265 e. The molecule has 2 aromatic rings. The number of rotatable bonds is 9. The first-order valence-electron chi connectivity index (χ1n) is 11.5. The molecule has 0 fully saturated rings. The van der Waals surface area contributed by atoms with Crippen LogP contribution in [0.15, 0.2) is 18.2 Å². The highest BCUT2D eigenvalue weighted by Crippen LogP contribution is 2.40. The van der Waals surface area contributed by atoms with Gasteiger partial charge in [-0.2, -0.15) is 5.26 Å². The Labute approximate surface area is 200 Å². The molecule has 0 amide bonds. The van der Waals surface area contributed by atoms with Gasteiger partial charge in [0.05, 0.1) is 31.0 Å². The van der Waals surface area contributed by atoms with Crippen molar-refractivity contribution in [2.45, 2.75) is 79.1 Å². The van der Waals surface area contributed by atoms with Gasteiger partial charge in [-0.05, 0) is 74.7 Å². The van der Waals surface area contributed by atoms with E-state index in [-0.39, 0.29) is 11.1 Å². The molecule has 0 radical (unpaired) electrons. The minimum Gasteiger partial charge on any atom is -0.490 e. The van der Waals surface area contributed by atoms with Crippen molar-refractivity contribution >= 4 is 14.0 Å². The van der Waals surface area contributed by atoms with E-state index >= 15 is 0 Å². The first kappa shape index (κ1) is 26.7. The second kappa shape index (κ2) is 10.6. The third-order valence-electron chi connectivity index (χ3n) is 6.37. The molecular formula is C26H39N3O3Si. The predicted octanol–water partition coefficient (Wildman–Crippen LogP) is 6.89. The average Bonchev–Trinajstić information content (AvgIpc) is 2.72. The van der Waals surface area contributed by atoms with Crippen molar-refractivity contribution in [1.29, 1.82) is 5.26 Å². The topological polar surface area (TPSA) is 76.4 Å². The zero-order valence-corrected chi connectivity index (χ0v) is 22.8. The van der Waals surface area contributed by atoms with Gasteiger partial charge in [0.25, 0.3) is 5.88 Å². The van der Waals surface area contributed by atoms with E-state index in [4.69, 9.17) is 13.9 Å². The molecule has 7 heteroatoms. The molecule has 0 saturated heterocycles. The first-order chi connectivity index (χ1) is 15.3. The number of pyridine rings is 1. The maximum Gasteiger partial charge on any atom is 0.265 e. The summed E-state index contributed by atoms with van der Waals surface area (Å²) in [6, 6.07) is 7.91. The zero-order valence-electron chi connectivity index (χ0n) is 21.8. The highest BCUT2D eigenvalue weighted by molar-refractivity contribution is 6.74. The Balaban J connectivity index is 2.34. The van der Waals surface area contributed by atoms with E-state index in [1.165, 1.54) is 0 Å². The summed E-state index contributed by atoms with van der Waals surface area (Å²) < 4.78 is 18.5. The zero-order chi connectivity index (χ0) is 25.0. The highest BCUT2D eigenvalue weighted by Gasteiger charge is 2.37. The monoisotopic (exact) mass is 469 g/mol. The lowest BCUT2D eigenvalue weighted by molar-refractivity contribution is 0.267. The molecular weight excluding hydrogens is 430 g/mol. The van der Waals surface area contributed by atoms with E-state index in [1.54, 1.807) is 7.11 Å². The maximum atomic E-state index is 9.23. The van der Waals surface area contributed by atoms with Crippen molar-refractivity contribution in [2.75, 3.05) is 19.0 Å². The van der Waals surface area contributed by atoms with E-state index in [1.807, 2.05) is 39.0 Å². The third kappa shape index (κ3) is 6.49. The van der Waals surface area contributed by atoms with Crippen LogP contribution in [0, 0.1) is 32.1 Å². The molecule has 0 aliphatic rings. The van der Waals surface area contributed by atoms with Gasteiger partial charge in [-0.15, -0.1) is 0 Å². The number of hydrogen-bond acceptors (Lipinski definition) is 6. The van der Waals surface area contributed by atoms with Crippen molar-refractivity contribution in [3.05, 3.63) is 40.6 Å². The van der Waals surface area contributed by atoms with Crippen LogP contribution in [-0.2, 0) is 4.43 Å². The van der Waals surface area contributed by atoms with E-state index in [9.17, 15) is 5.26 Å². The van der Waals surface area contributed by atoms with Gasteiger partial charge in [0.15, 0.2) is 8.32 Å². The van der Waals surface area contributed by atoms with E-state index in [2.05, 4.69) is 57.2 Å². The molecule has 0 aliphatic heterocycles. The fraction of sp³-hybridized carbons (Fsp3) is 0.538. The lowest BCUT2D eigenvalue weighted by atomic mass is 10.1. The molecule has 0 aliphatic carbocycles. The van der Waals surface area contributed by atoms with Crippen molar-refractivity contribution in [1.82, 2.24) is 4.98 Å². The van der Waals surface area contributed by atoms with Crippen LogP contribution < -0.4 is 14.8 Å². The Kier molecular flexibility index (Phi) is 8.55. The van der Waals surface area contributed by atoms with Crippen LogP contribution in [0.5, 0.6) is 17.4 Å². The fourth-order valence-corrected chi connectivity index (χ4v) is 4.34. The summed E-state index contributed by atoms with van der Waals surface area (Å²) in [7, 11) is -0.227. The fourth-order valence-electron chi connectivity index (χ4n) is 3.29. The number of nitriles is 1. The minimum absolute atomic E-state index is 0.126. The Morgan fingerprint density at radius 2 is 1.70 bits per heavy atom. The molecule has 6 nitrogen and oxygen atoms in total. The average molecular weight is 470 g/mol. The van der Waals surface area contributed by atoms with Gasteiger partial charge in [0, 0.05) is 11.7 Å². The molecule has 1 unspecified atom stereocenters. The number of nitrogens with zero attached hydrogens (tertiary/aromatic N) is 2. The van der Waals surface area contributed by atoms with Crippen LogP contribution in [0.2, 0.25) is 18.1 Å². The Morgan fingerprint density at radius 3 is 2.18 bits per heavy atom. The molecule has 1 atom stereocenters. The minimum atomic E-state index is -1.85. The van der Waals surface area contributed by atoms with Crippen LogP contribution in [-0.4, -0.2) is 33.1 Å². The SMILES string of the molecule is CCC(CO[Si](C)(C)C(C)(C)C)Nc1cc(C)nc(Oc2c(C)cc(C#N)cc2C)c1OC. The lowest BCUT2D eigenvalue weighted by Crippen LogP contribution is -2.43.